The number of nitrogens with one attached hydrogen (secondary N) is 1. The van der Waals surface area contributed by atoms with Gasteiger partial charge in [-0.2, -0.15) is 5.26 Å². The van der Waals surface area contributed by atoms with Crippen molar-refractivity contribution in [2.24, 2.45) is 0 Å². The van der Waals surface area contributed by atoms with E-state index in [9.17, 15) is 9.65 Å². The van der Waals surface area contributed by atoms with Crippen LogP contribution in [0.15, 0.2) is 79.1 Å². The Balaban J connectivity index is 1.52. The number of nitriles is 1. The molecule has 2 aromatic carbocycles. The summed E-state index contributed by atoms with van der Waals surface area (Å²) in [6, 6.07) is 20.7. The van der Waals surface area contributed by atoms with Crippen molar-refractivity contribution < 1.29 is 9.13 Å². The van der Waals surface area contributed by atoms with E-state index in [0.29, 0.717) is 34.5 Å². The molecule has 0 amide bonds. The first-order valence-corrected chi connectivity index (χ1v) is 8.70. The van der Waals surface area contributed by atoms with Gasteiger partial charge in [-0.1, -0.05) is 30.3 Å². The van der Waals surface area contributed by atoms with Crippen LogP contribution in [-0.2, 0) is 0 Å². The summed E-state index contributed by atoms with van der Waals surface area (Å²) in [4.78, 5) is 12.9. The Bertz CT molecular complexity index is 1160. The van der Waals surface area contributed by atoms with Crippen molar-refractivity contribution >= 4 is 11.6 Å². The summed E-state index contributed by atoms with van der Waals surface area (Å²) in [6.07, 6.45) is 3.06. The molecule has 0 aliphatic heterocycles. The van der Waals surface area contributed by atoms with Gasteiger partial charge in [0, 0.05) is 11.6 Å². The van der Waals surface area contributed by atoms with E-state index in [-0.39, 0.29) is 5.82 Å². The second-order valence-corrected chi connectivity index (χ2v) is 6.00. The van der Waals surface area contributed by atoms with Crippen molar-refractivity contribution in [3.8, 4) is 29.0 Å². The molecule has 0 bridgehead atoms. The molecule has 0 saturated heterocycles. The zero-order chi connectivity index (χ0) is 20.1. The molecular formula is C22H14FN5O. The van der Waals surface area contributed by atoms with Crippen LogP contribution in [0.4, 0.5) is 16.0 Å². The Morgan fingerprint density at radius 1 is 0.897 bits per heavy atom. The lowest BCUT2D eigenvalue weighted by molar-refractivity contribution is 0.461. The van der Waals surface area contributed by atoms with Crippen LogP contribution in [0.25, 0.3) is 11.3 Å². The highest BCUT2D eigenvalue weighted by Crippen LogP contribution is 2.24. The Labute approximate surface area is 166 Å². The molecule has 0 radical (unpaired) electrons. The molecule has 0 aliphatic rings. The van der Waals surface area contributed by atoms with Crippen LogP contribution < -0.4 is 10.1 Å². The second-order valence-electron chi connectivity index (χ2n) is 6.00. The summed E-state index contributed by atoms with van der Waals surface area (Å²) in [6.45, 7) is 0. The van der Waals surface area contributed by atoms with Crippen LogP contribution in [0.2, 0.25) is 0 Å². The van der Waals surface area contributed by atoms with E-state index in [2.05, 4.69) is 26.3 Å². The van der Waals surface area contributed by atoms with Crippen molar-refractivity contribution in [1.82, 2.24) is 15.0 Å². The van der Waals surface area contributed by atoms with Crippen molar-refractivity contribution in [2.45, 2.75) is 0 Å². The lowest BCUT2D eigenvalue weighted by atomic mass is 10.1. The van der Waals surface area contributed by atoms with E-state index in [1.54, 1.807) is 18.3 Å². The summed E-state index contributed by atoms with van der Waals surface area (Å²) >= 11 is 0. The van der Waals surface area contributed by atoms with E-state index in [0.717, 1.165) is 5.56 Å². The normalized spacial score (nSPS) is 10.2. The molecule has 4 aromatic rings. The Morgan fingerprint density at radius 3 is 2.38 bits per heavy atom. The summed E-state index contributed by atoms with van der Waals surface area (Å²) in [5.74, 6) is 0.870. The van der Waals surface area contributed by atoms with Crippen LogP contribution in [0, 0.1) is 17.1 Å². The number of hydrogen-bond acceptors (Lipinski definition) is 6. The zero-order valence-electron chi connectivity index (χ0n) is 15.1. The smallest absolute Gasteiger partial charge is 0.227 e. The fourth-order valence-electron chi connectivity index (χ4n) is 2.61. The topological polar surface area (TPSA) is 83.7 Å². The molecule has 0 atom stereocenters. The minimum Gasteiger partial charge on any atom is -0.439 e. The summed E-state index contributed by atoms with van der Waals surface area (Å²) < 4.78 is 18.5. The van der Waals surface area contributed by atoms with Crippen LogP contribution in [0.5, 0.6) is 11.6 Å². The van der Waals surface area contributed by atoms with Crippen LogP contribution in [-0.4, -0.2) is 15.0 Å². The monoisotopic (exact) mass is 383 g/mol. The fourth-order valence-corrected chi connectivity index (χ4v) is 2.61. The molecule has 29 heavy (non-hydrogen) atoms. The molecule has 2 heterocycles. The van der Waals surface area contributed by atoms with Gasteiger partial charge in [-0.25, -0.2) is 19.3 Å². The van der Waals surface area contributed by atoms with E-state index < -0.39 is 0 Å². The van der Waals surface area contributed by atoms with Crippen molar-refractivity contribution in [2.75, 3.05) is 5.32 Å². The molecular weight excluding hydrogens is 369 g/mol. The molecule has 0 spiro atoms. The molecule has 0 saturated carbocycles. The number of hydrogen-bond donors (Lipinski definition) is 1. The van der Waals surface area contributed by atoms with E-state index in [1.807, 2.05) is 30.3 Å². The van der Waals surface area contributed by atoms with Gasteiger partial charge in [0.15, 0.2) is 0 Å². The maximum atomic E-state index is 13.0. The molecule has 140 valence electrons. The maximum Gasteiger partial charge on any atom is 0.227 e. The first kappa shape index (κ1) is 18.1. The van der Waals surface area contributed by atoms with E-state index in [1.165, 1.54) is 30.5 Å². The number of halogens is 1. The van der Waals surface area contributed by atoms with Crippen molar-refractivity contribution in [3.05, 3.63) is 90.5 Å². The highest BCUT2D eigenvalue weighted by atomic mass is 19.1. The van der Waals surface area contributed by atoms with Gasteiger partial charge in [-0.3, -0.25) is 0 Å². The zero-order valence-corrected chi connectivity index (χ0v) is 15.1. The number of rotatable bonds is 5. The van der Waals surface area contributed by atoms with Gasteiger partial charge in [0.1, 0.15) is 17.6 Å². The number of anilines is 2. The number of nitrogens with zero attached hydrogens (tertiary/aromatic N) is 4. The van der Waals surface area contributed by atoms with Gasteiger partial charge in [0.25, 0.3) is 0 Å². The van der Waals surface area contributed by atoms with Crippen molar-refractivity contribution in [3.63, 3.8) is 0 Å². The predicted octanol–water partition coefficient (Wildman–Crippen LogP) is 5.09. The number of pyridine rings is 1. The number of benzene rings is 2. The predicted molar refractivity (Wildman–Crippen MR) is 106 cm³/mol. The molecule has 4 rings (SSSR count). The average molecular weight is 383 g/mol. The second kappa shape index (κ2) is 8.15. The molecule has 2 aromatic heterocycles. The first-order valence-electron chi connectivity index (χ1n) is 8.70. The third-order valence-corrected chi connectivity index (χ3v) is 3.98. The molecule has 0 aliphatic carbocycles. The van der Waals surface area contributed by atoms with Gasteiger partial charge in [-0.15, -0.1) is 0 Å². The van der Waals surface area contributed by atoms with Gasteiger partial charge in [-0.05, 0) is 30.3 Å². The number of ether oxygens (including phenoxy) is 1. The largest absolute Gasteiger partial charge is 0.439 e. The molecule has 1 N–H and O–H groups in total. The Hall–Kier alpha value is -4.31. The molecule has 6 nitrogen and oxygen atoms in total. The Kier molecular flexibility index (Phi) is 5.08. The minimum absolute atomic E-state index is 0.331. The van der Waals surface area contributed by atoms with Gasteiger partial charge < -0.3 is 10.1 Å². The van der Waals surface area contributed by atoms with Crippen LogP contribution in [0.3, 0.4) is 0 Å². The third-order valence-electron chi connectivity index (χ3n) is 3.98. The van der Waals surface area contributed by atoms with Gasteiger partial charge in [0.2, 0.25) is 11.8 Å². The lowest BCUT2D eigenvalue weighted by Crippen LogP contribution is -2.01. The van der Waals surface area contributed by atoms with Crippen LogP contribution >= 0.6 is 0 Å². The van der Waals surface area contributed by atoms with E-state index in [4.69, 9.17) is 4.74 Å². The quantitative estimate of drug-likeness (QED) is 0.517. The first-order chi connectivity index (χ1) is 14.2. The molecule has 7 heteroatoms. The highest BCUT2D eigenvalue weighted by molar-refractivity contribution is 5.68. The standard InChI is InChI=1S/C22H14FN5O/c23-17-6-9-19(10-7-17)29-20-11-8-18(14-25-20)27-22-26-13-16(12-24)21(28-22)15-4-2-1-3-5-15/h1-11,13-14H,(H,26,27,28). The fraction of sp³-hybridized carbons (Fsp3) is 0. The van der Waals surface area contributed by atoms with Crippen LogP contribution in [0.1, 0.15) is 5.56 Å². The maximum absolute atomic E-state index is 13.0. The minimum atomic E-state index is -0.331. The summed E-state index contributed by atoms with van der Waals surface area (Å²) in [5.41, 5.74) is 2.42. The highest BCUT2D eigenvalue weighted by Gasteiger charge is 2.10. The van der Waals surface area contributed by atoms with Gasteiger partial charge in [0.05, 0.1) is 29.3 Å². The number of aromatic nitrogens is 3. The van der Waals surface area contributed by atoms with E-state index >= 15 is 0 Å². The summed E-state index contributed by atoms with van der Waals surface area (Å²) in [7, 11) is 0. The molecule has 0 unspecified atom stereocenters. The Morgan fingerprint density at radius 2 is 1.69 bits per heavy atom. The van der Waals surface area contributed by atoms with Crippen molar-refractivity contribution in [1.29, 1.82) is 5.26 Å². The van der Waals surface area contributed by atoms with Gasteiger partial charge >= 0.3 is 0 Å². The summed E-state index contributed by atoms with van der Waals surface area (Å²) in [5, 5.41) is 12.4. The lowest BCUT2D eigenvalue weighted by Gasteiger charge is -2.09. The molecule has 0 fully saturated rings. The SMILES string of the molecule is N#Cc1cnc(Nc2ccc(Oc3ccc(F)cc3)nc2)nc1-c1ccccc1. The third kappa shape index (κ3) is 4.34. The average Bonchev–Trinajstić information content (AvgIpc) is 2.77.